The van der Waals surface area contributed by atoms with E-state index in [0.717, 1.165) is 53.3 Å². The van der Waals surface area contributed by atoms with Crippen LogP contribution in [0, 0.1) is 0 Å². The normalized spacial score (nSPS) is 16.3. The first-order chi connectivity index (χ1) is 14.3. The fourth-order valence-electron chi connectivity index (χ4n) is 3.89. The van der Waals surface area contributed by atoms with Crippen LogP contribution in [0.1, 0.15) is 30.3 Å². The molecule has 5 rings (SSSR count). The highest BCUT2D eigenvalue weighted by Gasteiger charge is 2.24. The standard InChI is InChI=1S/C23H23N5O/c24-22-21-20(27-23(19-7-4-12-25-19)28(21)14-13-26-22)17-8-10-18(11-9-17)29-15-16-5-2-1-3-6-16/h1-3,5-6,8-11,13-14,19,25H,4,7,12,15H2,(H2,24,26)/t19-/m0/s1. The maximum atomic E-state index is 6.23. The second kappa shape index (κ2) is 7.56. The molecule has 3 heterocycles. The molecule has 6 nitrogen and oxygen atoms in total. The van der Waals surface area contributed by atoms with Gasteiger partial charge in [-0.25, -0.2) is 9.97 Å². The van der Waals surface area contributed by atoms with E-state index in [0.29, 0.717) is 12.4 Å². The lowest BCUT2D eigenvalue weighted by Crippen LogP contribution is -2.15. The van der Waals surface area contributed by atoms with Crippen LogP contribution in [0.5, 0.6) is 5.75 Å². The quantitative estimate of drug-likeness (QED) is 0.543. The van der Waals surface area contributed by atoms with Crippen LogP contribution in [-0.4, -0.2) is 20.9 Å². The third-order valence-electron chi connectivity index (χ3n) is 5.36. The molecule has 0 amide bonds. The third-order valence-corrected chi connectivity index (χ3v) is 5.36. The predicted molar refractivity (Wildman–Crippen MR) is 114 cm³/mol. The van der Waals surface area contributed by atoms with Crippen LogP contribution >= 0.6 is 0 Å². The van der Waals surface area contributed by atoms with Crippen LogP contribution in [0.15, 0.2) is 67.0 Å². The van der Waals surface area contributed by atoms with E-state index in [9.17, 15) is 0 Å². The van der Waals surface area contributed by atoms with Crippen molar-refractivity contribution >= 4 is 11.3 Å². The lowest BCUT2D eigenvalue weighted by Gasteiger charge is -2.08. The van der Waals surface area contributed by atoms with Crippen molar-refractivity contribution in [2.24, 2.45) is 0 Å². The Bertz CT molecular complexity index is 1120. The van der Waals surface area contributed by atoms with Crippen LogP contribution in [0.2, 0.25) is 0 Å². The smallest absolute Gasteiger partial charge is 0.150 e. The van der Waals surface area contributed by atoms with Crippen molar-refractivity contribution in [3.63, 3.8) is 0 Å². The first kappa shape index (κ1) is 17.7. The first-order valence-electron chi connectivity index (χ1n) is 9.92. The van der Waals surface area contributed by atoms with E-state index in [1.807, 2.05) is 48.7 Å². The van der Waals surface area contributed by atoms with Crippen LogP contribution in [0.3, 0.4) is 0 Å². The Morgan fingerprint density at radius 3 is 2.69 bits per heavy atom. The fraction of sp³-hybridized carbons (Fsp3) is 0.217. The zero-order valence-corrected chi connectivity index (χ0v) is 16.1. The number of imidazole rings is 1. The maximum Gasteiger partial charge on any atom is 0.150 e. The molecule has 6 heteroatoms. The van der Waals surface area contributed by atoms with Crippen molar-refractivity contribution < 1.29 is 4.74 Å². The van der Waals surface area contributed by atoms with Crippen molar-refractivity contribution in [2.75, 3.05) is 12.3 Å². The topological polar surface area (TPSA) is 77.5 Å². The van der Waals surface area contributed by atoms with Crippen LogP contribution in [-0.2, 0) is 6.61 Å². The van der Waals surface area contributed by atoms with Crippen LogP contribution in [0.25, 0.3) is 16.8 Å². The van der Waals surface area contributed by atoms with Gasteiger partial charge in [-0.15, -0.1) is 0 Å². The molecule has 0 saturated carbocycles. The summed E-state index contributed by atoms with van der Waals surface area (Å²) in [5.41, 5.74) is 10.1. The summed E-state index contributed by atoms with van der Waals surface area (Å²) in [5.74, 6) is 2.31. The predicted octanol–water partition coefficient (Wildman–Crippen LogP) is 3.98. The number of hydrogen-bond acceptors (Lipinski definition) is 5. The highest BCUT2D eigenvalue weighted by Crippen LogP contribution is 2.33. The first-order valence-corrected chi connectivity index (χ1v) is 9.92. The molecule has 146 valence electrons. The van der Waals surface area contributed by atoms with E-state index in [-0.39, 0.29) is 6.04 Å². The van der Waals surface area contributed by atoms with Gasteiger partial charge in [0.15, 0.2) is 0 Å². The van der Waals surface area contributed by atoms with Gasteiger partial charge in [0.1, 0.15) is 35.2 Å². The molecule has 2 aromatic carbocycles. The SMILES string of the molecule is Nc1nccn2c([C@@H]3CCCN3)nc(-c3ccc(OCc4ccccc4)cc3)c12. The summed E-state index contributed by atoms with van der Waals surface area (Å²) >= 11 is 0. The Balaban J connectivity index is 1.46. The lowest BCUT2D eigenvalue weighted by molar-refractivity contribution is 0.306. The summed E-state index contributed by atoms with van der Waals surface area (Å²) in [6.07, 6.45) is 5.90. The van der Waals surface area contributed by atoms with Gasteiger partial charge in [-0.05, 0) is 49.2 Å². The molecule has 1 saturated heterocycles. The number of rotatable bonds is 5. The average Bonchev–Trinajstić information content (AvgIpc) is 3.42. The average molecular weight is 385 g/mol. The molecule has 0 unspecified atom stereocenters. The van der Waals surface area contributed by atoms with Crippen molar-refractivity contribution in [3.8, 4) is 17.0 Å². The molecule has 3 N–H and O–H groups in total. The van der Waals surface area contributed by atoms with Crippen LogP contribution in [0.4, 0.5) is 5.82 Å². The second-order valence-electron chi connectivity index (χ2n) is 7.30. The Hall–Kier alpha value is -3.38. The second-order valence-corrected chi connectivity index (χ2v) is 7.30. The van der Waals surface area contributed by atoms with E-state index in [2.05, 4.69) is 26.8 Å². The molecule has 4 aromatic rings. The molecule has 0 radical (unpaired) electrons. The number of anilines is 1. The van der Waals surface area contributed by atoms with E-state index in [1.54, 1.807) is 6.20 Å². The number of nitrogens with one attached hydrogen (secondary N) is 1. The van der Waals surface area contributed by atoms with Crippen molar-refractivity contribution in [2.45, 2.75) is 25.5 Å². The molecule has 1 fully saturated rings. The van der Waals surface area contributed by atoms with Gasteiger partial charge in [-0.2, -0.15) is 0 Å². The summed E-state index contributed by atoms with van der Waals surface area (Å²) in [7, 11) is 0. The summed E-state index contributed by atoms with van der Waals surface area (Å²) in [6, 6.07) is 18.4. The van der Waals surface area contributed by atoms with E-state index >= 15 is 0 Å². The van der Waals surface area contributed by atoms with E-state index in [1.165, 1.54) is 0 Å². The van der Waals surface area contributed by atoms with Crippen molar-refractivity contribution in [1.29, 1.82) is 0 Å². The molecule has 1 aliphatic heterocycles. The Morgan fingerprint density at radius 1 is 1.10 bits per heavy atom. The van der Waals surface area contributed by atoms with Gasteiger partial charge in [0.25, 0.3) is 0 Å². The largest absolute Gasteiger partial charge is 0.489 e. The van der Waals surface area contributed by atoms with Gasteiger partial charge >= 0.3 is 0 Å². The minimum absolute atomic E-state index is 0.242. The number of fused-ring (bicyclic) bond motifs is 1. The fourth-order valence-corrected chi connectivity index (χ4v) is 3.89. The van der Waals surface area contributed by atoms with Gasteiger partial charge in [-0.1, -0.05) is 30.3 Å². The van der Waals surface area contributed by atoms with Gasteiger partial charge in [0, 0.05) is 18.0 Å². The Kier molecular flexibility index (Phi) is 4.62. The Morgan fingerprint density at radius 2 is 1.93 bits per heavy atom. The minimum Gasteiger partial charge on any atom is -0.489 e. The summed E-state index contributed by atoms with van der Waals surface area (Å²) in [5, 5.41) is 3.53. The van der Waals surface area contributed by atoms with Crippen molar-refractivity contribution in [1.82, 2.24) is 19.7 Å². The molecular formula is C23H23N5O. The molecule has 1 aliphatic rings. The maximum absolute atomic E-state index is 6.23. The number of aromatic nitrogens is 3. The molecule has 29 heavy (non-hydrogen) atoms. The van der Waals surface area contributed by atoms with Crippen LogP contribution < -0.4 is 15.8 Å². The monoisotopic (exact) mass is 385 g/mol. The number of nitrogens with two attached hydrogens (primary N) is 1. The number of nitrogens with zero attached hydrogens (tertiary/aromatic N) is 3. The van der Waals surface area contributed by atoms with Gasteiger partial charge < -0.3 is 15.8 Å². The lowest BCUT2D eigenvalue weighted by atomic mass is 10.1. The molecule has 0 aliphatic carbocycles. The molecule has 2 aromatic heterocycles. The van der Waals surface area contributed by atoms with Gasteiger partial charge in [0.2, 0.25) is 0 Å². The summed E-state index contributed by atoms with van der Waals surface area (Å²) in [6.45, 7) is 1.56. The molecule has 1 atom stereocenters. The number of ether oxygens (including phenoxy) is 1. The van der Waals surface area contributed by atoms with Gasteiger partial charge in [0.05, 0.1) is 6.04 Å². The van der Waals surface area contributed by atoms with E-state index in [4.69, 9.17) is 15.5 Å². The number of benzene rings is 2. The highest BCUT2D eigenvalue weighted by molar-refractivity contribution is 5.85. The Labute approximate surface area is 169 Å². The molecular weight excluding hydrogens is 362 g/mol. The number of nitrogen functional groups attached to an aromatic ring is 1. The number of hydrogen-bond donors (Lipinski definition) is 2. The molecule has 0 spiro atoms. The highest BCUT2D eigenvalue weighted by atomic mass is 16.5. The third kappa shape index (κ3) is 3.43. The molecule has 0 bridgehead atoms. The van der Waals surface area contributed by atoms with Crippen molar-refractivity contribution in [3.05, 3.63) is 78.4 Å². The minimum atomic E-state index is 0.242. The summed E-state index contributed by atoms with van der Waals surface area (Å²) < 4.78 is 7.98. The zero-order chi connectivity index (χ0) is 19.6. The zero-order valence-electron chi connectivity index (χ0n) is 16.1. The van der Waals surface area contributed by atoms with E-state index < -0.39 is 0 Å². The summed E-state index contributed by atoms with van der Waals surface area (Å²) in [4.78, 5) is 9.25. The van der Waals surface area contributed by atoms with Gasteiger partial charge in [-0.3, -0.25) is 4.40 Å².